The van der Waals surface area contributed by atoms with Crippen molar-refractivity contribution in [1.29, 1.82) is 0 Å². The summed E-state index contributed by atoms with van der Waals surface area (Å²) in [5, 5.41) is 16.0. The van der Waals surface area contributed by atoms with Crippen molar-refractivity contribution in [2.75, 3.05) is 5.32 Å². The van der Waals surface area contributed by atoms with Gasteiger partial charge in [0.15, 0.2) is 0 Å². The summed E-state index contributed by atoms with van der Waals surface area (Å²) in [6.45, 7) is 0. The van der Waals surface area contributed by atoms with Gasteiger partial charge in [-0.2, -0.15) is 5.10 Å². The molecule has 2 aromatic rings. The van der Waals surface area contributed by atoms with Crippen molar-refractivity contribution in [2.45, 2.75) is 12.8 Å². The van der Waals surface area contributed by atoms with Crippen LogP contribution in [0, 0.1) is 11.8 Å². The van der Waals surface area contributed by atoms with E-state index in [2.05, 4.69) is 10.4 Å². The zero-order chi connectivity index (χ0) is 14.8. The molecule has 1 amide bonds. The van der Waals surface area contributed by atoms with E-state index in [1.54, 1.807) is 29.2 Å². The van der Waals surface area contributed by atoms with Crippen molar-refractivity contribution in [2.24, 2.45) is 11.8 Å². The number of carboxylic acids is 1. The molecule has 6 nitrogen and oxygen atoms in total. The Balaban J connectivity index is 1.80. The second-order valence-electron chi connectivity index (χ2n) is 5.09. The van der Waals surface area contributed by atoms with Gasteiger partial charge in [-0.15, -0.1) is 0 Å². The predicted octanol–water partition coefficient (Wildman–Crippen LogP) is 1.92. The molecule has 0 radical (unpaired) electrons. The molecule has 2 atom stereocenters. The van der Waals surface area contributed by atoms with Crippen LogP contribution in [0.15, 0.2) is 42.7 Å². The minimum absolute atomic E-state index is 0.242. The van der Waals surface area contributed by atoms with Crippen molar-refractivity contribution in [3.05, 3.63) is 42.7 Å². The maximum Gasteiger partial charge on any atom is 0.307 e. The van der Waals surface area contributed by atoms with Crippen LogP contribution < -0.4 is 5.32 Å². The zero-order valence-electron chi connectivity index (χ0n) is 11.3. The molecule has 6 heteroatoms. The molecule has 108 valence electrons. The molecule has 0 spiro atoms. The van der Waals surface area contributed by atoms with Crippen molar-refractivity contribution in [3.63, 3.8) is 0 Å². The molecule has 2 unspecified atom stereocenters. The number of hydrogen-bond donors (Lipinski definition) is 2. The number of nitrogens with zero attached hydrogens (tertiary/aromatic N) is 2. The highest BCUT2D eigenvalue weighted by Gasteiger charge is 2.41. The van der Waals surface area contributed by atoms with Gasteiger partial charge >= 0.3 is 5.97 Å². The summed E-state index contributed by atoms with van der Waals surface area (Å²) >= 11 is 0. The van der Waals surface area contributed by atoms with E-state index >= 15 is 0 Å². The van der Waals surface area contributed by atoms with Gasteiger partial charge in [0.05, 0.1) is 23.2 Å². The number of carbonyl (C=O) groups is 2. The Morgan fingerprint density at radius 1 is 1.19 bits per heavy atom. The normalized spacial score (nSPS) is 20.6. The summed E-state index contributed by atoms with van der Waals surface area (Å²) in [5.41, 5.74) is 1.38. The molecule has 21 heavy (non-hydrogen) atoms. The Morgan fingerprint density at radius 2 is 1.95 bits per heavy atom. The summed E-state index contributed by atoms with van der Waals surface area (Å²) in [4.78, 5) is 23.2. The number of amides is 1. The monoisotopic (exact) mass is 285 g/mol. The van der Waals surface area contributed by atoms with Gasteiger partial charge in [0.2, 0.25) is 5.91 Å². The number of anilines is 1. The fraction of sp³-hybridized carbons (Fsp3) is 0.267. The van der Waals surface area contributed by atoms with E-state index < -0.39 is 17.8 Å². The lowest BCUT2D eigenvalue weighted by molar-refractivity contribution is -0.151. The summed E-state index contributed by atoms with van der Waals surface area (Å²) in [6.07, 6.45) is 4.63. The molecular formula is C15H15N3O3. The lowest BCUT2D eigenvalue weighted by Gasteiger charge is -2.32. The van der Waals surface area contributed by atoms with Crippen molar-refractivity contribution < 1.29 is 14.7 Å². The Morgan fingerprint density at radius 3 is 2.57 bits per heavy atom. The first-order chi connectivity index (χ1) is 10.2. The van der Waals surface area contributed by atoms with Crippen LogP contribution in [-0.2, 0) is 9.59 Å². The molecule has 1 heterocycles. The first kappa shape index (κ1) is 13.4. The molecule has 1 saturated carbocycles. The average Bonchev–Trinajstić information content (AvgIpc) is 2.90. The van der Waals surface area contributed by atoms with Crippen LogP contribution in [0.2, 0.25) is 0 Å². The molecule has 1 fully saturated rings. The van der Waals surface area contributed by atoms with Gasteiger partial charge in [0.25, 0.3) is 0 Å². The SMILES string of the molecule is O=C(O)C1CCC1C(=O)Nc1ccccc1-n1cccn1. The Labute approximate surface area is 121 Å². The largest absolute Gasteiger partial charge is 0.481 e. The number of benzene rings is 1. The fourth-order valence-electron chi connectivity index (χ4n) is 2.53. The van der Waals surface area contributed by atoms with Crippen molar-refractivity contribution in [1.82, 2.24) is 9.78 Å². The molecule has 0 aliphatic heterocycles. The van der Waals surface area contributed by atoms with Crippen LogP contribution in [0.4, 0.5) is 5.69 Å². The first-order valence-electron chi connectivity index (χ1n) is 6.79. The van der Waals surface area contributed by atoms with Crippen LogP contribution in [0.3, 0.4) is 0 Å². The highest BCUT2D eigenvalue weighted by Crippen LogP contribution is 2.35. The maximum atomic E-state index is 12.2. The molecular weight excluding hydrogens is 270 g/mol. The standard InChI is InChI=1S/C15H15N3O3/c19-14(10-6-7-11(10)15(20)21)17-12-4-1-2-5-13(12)18-9-3-8-16-18/h1-5,8-11H,6-7H2,(H,17,19)(H,20,21). The number of para-hydroxylation sites is 2. The second-order valence-corrected chi connectivity index (χ2v) is 5.09. The summed E-state index contributed by atoms with van der Waals surface area (Å²) < 4.78 is 1.66. The molecule has 1 aliphatic carbocycles. The molecule has 0 bridgehead atoms. The highest BCUT2D eigenvalue weighted by molar-refractivity contribution is 5.97. The smallest absolute Gasteiger partial charge is 0.307 e. The third-order valence-electron chi connectivity index (χ3n) is 3.84. The summed E-state index contributed by atoms with van der Waals surface area (Å²) in [5.74, 6) is -2.16. The van der Waals surface area contributed by atoms with Crippen LogP contribution in [0.5, 0.6) is 0 Å². The number of aliphatic carboxylic acids is 1. The van der Waals surface area contributed by atoms with Crippen LogP contribution in [0.25, 0.3) is 5.69 Å². The topological polar surface area (TPSA) is 84.2 Å². The maximum absolute atomic E-state index is 12.2. The minimum atomic E-state index is -0.901. The number of rotatable bonds is 4. The van der Waals surface area contributed by atoms with Gasteiger partial charge < -0.3 is 10.4 Å². The Hall–Kier alpha value is -2.63. The highest BCUT2D eigenvalue weighted by atomic mass is 16.4. The van der Waals surface area contributed by atoms with E-state index in [4.69, 9.17) is 5.11 Å². The minimum Gasteiger partial charge on any atom is -0.481 e. The van der Waals surface area contributed by atoms with E-state index in [0.29, 0.717) is 18.5 Å². The molecule has 3 rings (SSSR count). The zero-order valence-corrected chi connectivity index (χ0v) is 11.3. The van der Waals surface area contributed by atoms with Gasteiger partial charge in [-0.25, -0.2) is 4.68 Å². The van der Waals surface area contributed by atoms with Crippen molar-refractivity contribution in [3.8, 4) is 5.69 Å². The number of hydrogen-bond acceptors (Lipinski definition) is 3. The third-order valence-corrected chi connectivity index (χ3v) is 3.84. The van der Waals surface area contributed by atoms with Crippen LogP contribution in [-0.4, -0.2) is 26.8 Å². The summed E-state index contributed by atoms with van der Waals surface area (Å²) in [6, 6.07) is 9.10. The van der Waals surface area contributed by atoms with Gasteiger partial charge in [-0.3, -0.25) is 9.59 Å². The second kappa shape index (κ2) is 5.40. The average molecular weight is 285 g/mol. The third kappa shape index (κ3) is 2.52. The van der Waals surface area contributed by atoms with E-state index in [0.717, 1.165) is 5.69 Å². The number of carbonyl (C=O) groups excluding carboxylic acids is 1. The predicted molar refractivity (Wildman–Crippen MR) is 76.0 cm³/mol. The first-order valence-corrected chi connectivity index (χ1v) is 6.79. The Bertz CT molecular complexity index is 667. The van der Waals surface area contributed by atoms with Crippen LogP contribution >= 0.6 is 0 Å². The van der Waals surface area contributed by atoms with Gasteiger partial charge in [-0.05, 0) is 31.0 Å². The Kier molecular flexibility index (Phi) is 3.43. The molecule has 2 N–H and O–H groups in total. The van der Waals surface area contributed by atoms with Gasteiger partial charge in [0.1, 0.15) is 0 Å². The number of aromatic nitrogens is 2. The molecule has 1 aliphatic rings. The van der Waals surface area contributed by atoms with E-state index in [1.165, 1.54) is 0 Å². The molecule has 1 aromatic carbocycles. The van der Waals surface area contributed by atoms with E-state index in [-0.39, 0.29) is 5.91 Å². The van der Waals surface area contributed by atoms with E-state index in [1.807, 2.05) is 18.2 Å². The molecule has 1 aromatic heterocycles. The fourth-order valence-corrected chi connectivity index (χ4v) is 2.53. The molecule has 0 saturated heterocycles. The lowest BCUT2D eigenvalue weighted by Crippen LogP contribution is -2.41. The van der Waals surface area contributed by atoms with Gasteiger partial charge in [-0.1, -0.05) is 12.1 Å². The van der Waals surface area contributed by atoms with Crippen LogP contribution in [0.1, 0.15) is 12.8 Å². The lowest BCUT2D eigenvalue weighted by atomic mass is 9.73. The number of nitrogens with one attached hydrogen (secondary N) is 1. The van der Waals surface area contributed by atoms with E-state index in [9.17, 15) is 9.59 Å². The van der Waals surface area contributed by atoms with Crippen molar-refractivity contribution >= 4 is 17.6 Å². The number of carboxylic acid groups (broad SMARTS) is 1. The van der Waals surface area contributed by atoms with Gasteiger partial charge in [0, 0.05) is 12.4 Å². The quantitative estimate of drug-likeness (QED) is 0.899. The summed E-state index contributed by atoms with van der Waals surface area (Å²) in [7, 11) is 0.